The van der Waals surface area contributed by atoms with Gasteiger partial charge in [-0.25, -0.2) is 14.6 Å². The fraction of sp³-hybridized carbons (Fsp3) is 0.400. The standard InChI is InChI=1S/C15H20N4O3Si/c1-23(2,3)7-6-21-10-19-11-4-5-13(20)17-14(11)15(18-19)12-8-16-9-22-12/h4-5,8-9H,6-7,10H2,1-3H3,(H,17,20). The van der Waals surface area contributed by atoms with Crippen molar-refractivity contribution in [3.8, 4) is 17.3 Å². The Balaban J connectivity index is 1.86. The number of rotatable bonds is 6. The van der Waals surface area contributed by atoms with Gasteiger partial charge in [-0.2, -0.15) is 5.10 Å². The molecule has 122 valence electrons. The van der Waals surface area contributed by atoms with E-state index in [1.807, 2.05) is 0 Å². The minimum absolute atomic E-state index is 0.0579. The average Bonchev–Trinajstić information content (AvgIpc) is 3.09. The summed E-state index contributed by atoms with van der Waals surface area (Å²) in [7, 11) is -1.12. The molecule has 3 rings (SSSR count). The van der Waals surface area contributed by atoms with Crippen LogP contribution in [0.5, 0.6) is 5.88 Å². The molecule has 0 bridgehead atoms. The lowest BCUT2D eigenvalue weighted by atomic mass is 10.3. The largest absolute Gasteiger partial charge is 0.493 e. The summed E-state index contributed by atoms with van der Waals surface area (Å²) in [6.07, 6.45) is 2.91. The van der Waals surface area contributed by atoms with E-state index < -0.39 is 8.07 Å². The molecule has 0 amide bonds. The van der Waals surface area contributed by atoms with Crippen LogP contribution in [0.1, 0.15) is 0 Å². The highest BCUT2D eigenvalue weighted by Crippen LogP contribution is 2.27. The third-order valence-corrected chi connectivity index (χ3v) is 5.16. The van der Waals surface area contributed by atoms with Crippen molar-refractivity contribution in [3.63, 3.8) is 0 Å². The first-order valence-electron chi connectivity index (χ1n) is 7.47. The molecule has 0 saturated carbocycles. The van der Waals surface area contributed by atoms with Crippen molar-refractivity contribution in [2.45, 2.75) is 32.4 Å². The molecule has 0 unspecified atom stereocenters. The molecule has 0 aromatic carbocycles. The zero-order chi connectivity index (χ0) is 16.4. The molecule has 8 heteroatoms. The molecule has 0 atom stereocenters. The molecule has 3 heterocycles. The van der Waals surface area contributed by atoms with E-state index in [4.69, 9.17) is 9.15 Å². The normalized spacial score (nSPS) is 12.1. The van der Waals surface area contributed by atoms with Gasteiger partial charge in [0.05, 0.1) is 11.7 Å². The lowest BCUT2D eigenvalue weighted by Gasteiger charge is -2.15. The van der Waals surface area contributed by atoms with Gasteiger partial charge in [0.2, 0.25) is 5.88 Å². The summed E-state index contributed by atoms with van der Waals surface area (Å²) in [6, 6.07) is 4.40. The lowest BCUT2D eigenvalue weighted by molar-refractivity contribution is 0.0818. The van der Waals surface area contributed by atoms with Crippen LogP contribution in [0, 0.1) is 0 Å². The van der Waals surface area contributed by atoms with Crippen LogP contribution < -0.4 is 0 Å². The number of fused-ring (bicyclic) bond motifs is 1. The Bertz CT molecular complexity index is 793. The molecule has 0 spiro atoms. The number of aromatic hydroxyl groups is 1. The van der Waals surface area contributed by atoms with Gasteiger partial charge >= 0.3 is 0 Å². The Kier molecular flexibility index (Phi) is 4.18. The number of oxazole rings is 1. The third-order valence-electron chi connectivity index (χ3n) is 3.46. The average molecular weight is 332 g/mol. The lowest BCUT2D eigenvalue weighted by Crippen LogP contribution is -2.22. The quantitative estimate of drug-likeness (QED) is 0.551. The highest BCUT2D eigenvalue weighted by Gasteiger charge is 2.17. The molecule has 3 aromatic heterocycles. The van der Waals surface area contributed by atoms with Gasteiger partial charge in [0.25, 0.3) is 0 Å². The fourth-order valence-corrected chi connectivity index (χ4v) is 2.93. The summed E-state index contributed by atoms with van der Waals surface area (Å²) >= 11 is 0. The Labute approximate surface area is 134 Å². The second kappa shape index (κ2) is 6.13. The van der Waals surface area contributed by atoms with Crippen LogP contribution in [-0.4, -0.2) is 39.5 Å². The van der Waals surface area contributed by atoms with E-state index in [0.717, 1.165) is 11.6 Å². The Hall–Kier alpha value is -2.19. The van der Waals surface area contributed by atoms with E-state index in [1.54, 1.807) is 16.9 Å². The topological polar surface area (TPSA) is 86.2 Å². The summed E-state index contributed by atoms with van der Waals surface area (Å²) < 4.78 is 12.8. The number of hydrogen-bond donors (Lipinski definition) is 1. The van der Waals surface area contributed by atoms with Crippen LogP contribution in [0.4, 0.5) is 0 Å². The molecule has 7 nitrogen and oxygen atoms in total. The van der Waals surface area contributed by atoms with Gasteiger partial charge in [-0.3, -0.25) is 0 Å². The van der Waals surface area contributed by atoms with E-state index in [1.165, 1.54) is 12.5 Å². The number of hydrogen-bond acceptors (Lipinski definition) is 6. The van der Waals surface area contributed by atoms with Gasteiger partial charge in [-0.15, -0.1) is 0 Å². The summed E-state index contributed by atoms with van der Waals surface area (Å²) in [5.41, 5.74) is 1.89. The first-order valence-corrected chi connectivity index (χ1v) is 11.2. The van der Waals surface area contributed by atoms with Crippen LogP contribution in [0.2, 0.25) is 25.7 Å². The summed E-state index contributed by atoms with van der Waals surface area (Å²) in [5, 5.41) is 14.1. The monoisotopic (exact) mass is 332 g/mol. The maximum atomic E-state index is 9.64. The Morgan fingerprint density at radius 2 is 2.13 bits per heavy atom. The van der Waals surface area contributed by atoms with Gasteiger partial charge in [0.15, 0.2) is 17.8 Å². The molecule has 0 fully saturated rings. The van der Waals surface area contributed by atoms with Crippen LogP contribution >= 0.6 is 0 Å². The van der Waals surface area contributed by atoms with Crippen molar-refractivity contribution in [2.75, 3.05) is 6.61 Å². The number of aromatic nitrogens is 4. The number of ether oxygens (including phenoxy) is 1. The van der Waals surface area contributed by atoms with Crippen molar-refractivity contribution in [3.05, 3.63) is 24.7 Å². The van der Waals surface area contributed by atoms with E-state index in [2.05, 4.69) is 34.7 Å². The summed E-state index contributed by atoms with van der Waals surface area (Å²) in [5.74, 6) is 0.450. The maximum absolute atomic E-state index is 9.64. The second-order valence-corrected chi connectivity index (χ2v) is 12.2. The smallest absolute Gasteiger partial charge is 0.211 e. The number of nitrogens with zero attached hydrogens (tertiary/aromatic N) is 4. The molecular formula is C15H20N4O3Si. The van der Waals surface area contributed by atoms with Crippen molar-refractivity contribution in [2.24, 2.45) is 0 Å². The molecule has 0 aliphatic heterocycles. The Morgan fingerprint density at radius 1 is 1.30 bits per heavy atom. The SMILES string of the molecule is C[Si](C)(C)CCOCn1nc(-c2cnco2)c2nc(O)ccc21. The van der Waals surface area contributed by atoms with Gasteiger partial charge in [0, 0.05) is 20.7 Å². The van der Waals surface area contributed by atoms with Crippen LogP contribution in [0.25, 0.3) is 22.5 Å². The van der Waals surface area contributed by atoms with Crippen LogP contribution in [0.3, 0.4) is 0 Å². The van der Waals surface area contributed by atoms with Crippen LogP contribution in [0.15, 0.2) is 29.1 Å². The highest BCUT2D eigenvalue weighted by molar-refractivity contribution is 6.76. The van der Waals surface area contributed by atoms with E-state index in [0.29, 0.717) is 30.3 Å². The van der Waals surface area contributed by atoms with E-state index in [9.17, 15) is 5.11 Å². The molecule has 1 N–H and O–H groups in total. The third kappa shape index (κ3) is 3.59. The Morgan fingerprint density at radius 3 is 2.83 bits per heavy atom. The summed E-state index contributed by atoms with van der Waals surface area (Å²) in [4.78, 5) is 8.06. The van der Waals surface area contributed by atoms with Crippen molar-refractivity contribution in [1.29, 1.82) is 0 Å². The molecule has 0 radical (unpaired) electrons. The zero-order valence-corrected chi connectivity index (χ0v) is 14.5. The van der Waals surface area contributed by atoms with E-state index in [-0.39, 0.29) is 5.88 Å². The predicted octanol–water partition coefficient (Wildman–Crippen LogP) is 3.10. The van der Waals surface area contributed by atoms with Gasteiger partial charge in [-0.05, 0) is 12.1 Å². The molecule has 0 aliphatic carbocycles. The number of pyridine rings is 1. The minimum atomic E-state index is -1.12. The van der Waals surface area contributed by atoms with Crippen molar-refractivity contribution < 1.29 is 14.3 Å². The summed E-state index contributed by atoms with van der Waals surface area (Å²) in [6.45, 7) is 7.99. The molecular weight excluding hydrogens is 312 g/mol. The minimum Gasteiger partial charge on any atom is -0.493 e. The van der Waals surface area contributed by atoms with E-state index >= 15 is 0 Å². The molecule has 0 saturated heterocycles. The van der Waals surface area contributed by atoms with Gasteiger partial charge in [0.1, 0.15) is 12.2 Å². The zero-order valence-electron chi connectivity index (χ0n) is 13.5. The maximum Gasteiger partial charge on any atom is 0.211 e. The first-order chi connectivity index (χ1) is 10.9. The highest BCUT2D eigenvalue weighted by atomic mass is 28.3. The molecule has 3 aromatic rings. The molecule has 0 aliphatic rings. The fourth-order valence-electron chi connectivity index (χ4n) is 2.17. The van der Waals surface area contributed by atoms with Crippen LogP contribution in [-0.2, 0) is 11.5 Å². The van der Waals surface area contributed by atoms with Crippen molar-refractivity contribution in [1.82, 2.24) is 19.7 Å². The first kappa shape index (κ1) is 15.7. The van der Waals surface area contributed by atoms with Gasteiger partial charge < -0.3 is 14.3 Å². The molecule has 23 heavy (non-hydrogen) atoms. The van der Waals surface area contributed by atoms with Gasteiger partial charge in [-0.1, -0.05) is 19.6 Å². The van der Waals surface area contributed by atoms with Crippen molar-refractivity contribution >= 4 is 19.1 Å². The second-order valence-electron chi connectivity index (χ2n) is 6.60. The predicted molar refractivity (Wildman–Crippen MR) is 88.8 cm³/mol.